The van der Waals surface area contributed by atoms with E-state index in [1.165, 1.54) is 0 Å². The van der Waals surface area contributed by atoms with Crippen molar-refractivity contribution in [2.45, 2.75) is 87.6 Å². The monoisotopic (exact) mass is 537 g/mol. The van der Waals surface area contributed by atoms with Crippen LogP contribution in [0.1, 0.15) is 93.8 Å². The lowest BCUT2D eigenvalue weighted by Crippen LogP contribution is -2.71. The largest absolute Gasteiger partial charge is 0.339 e. The number of benzene rings is 1. The van der Waals surface area contributed by atoms with Crippen LogP contribution in [0.2, 0.25) is 0 Å². The van der Waals surface area contributed by atoms with E-state index >= 15 is 0 Å². The van der Waals surface area contributed by atoms with Gasteiger partial charge >= 0.3 is 0 Å². The molecule has 0 spiro atoms. The Morgan fingerprint density at radius 1 is 1.07 bits per heavy atom. The van der Waals surface area contributed by atoms with Crippen LogP contribution in [0.5, 0.6) is 0 Å². The number of pyridine rings is 1. The molecule has 0 radical (unpaired) electrons. The third-order valence-corrected chi connectivity index (χ3v) is 10.7. The van der Waals surface area contributed by atoms with Crippen molar-refractivity contribution in [3.63, 3.8) is 0 Å². The van der Waals surface area contributed by atoms with E-state index in [-0.39, 0.29) is 16.7 Å². The van der Waals surface area contributed by atoms with Gasteiger partial charge in [0.15, 0.2) is 5.82 Å². The zero-order valence-electron chi connectivity index (χ0n) is 22.5. The van der Waals surface area contributed by atoms with Crippen molar-refractivity contribution in [3.05, 3.63) is 59.9 Å². The average Bonchev–Trinajstić information content (AvgIpc) is 3.70. The Bertz CT molecular complexity index is 1510. The second-order valence-electron chi connectivity index (χ2n) is 13.5. The number of carbonyl (C=O) groups excluding carboxylic acids is 1. The van der Waals surface area contributed by atoms with Gasteiger partial charge in [0.25, 0.3) is 0 Å². The molecule has 7 saturated carbocycles. The van der Waals surface area contributed by atoms with Gasteiger partial charge in [-0.05, 0) is 100 Å². The Morgan fingerprint density at radius 3 is 2.45 bits per heavy atom. The summed E-state index contributed by atoms with van der Waals surface area (Å²) >= 11 is 0. The number of nitrogens with zero attached hydrogens (tertiary/aromatic N) is 5. The van der Waals surface area contributed by atoms with Crippen molar-refractivity contribution < 1.29 is 13.7 Å². The lowest BCUT2D eigenvalue weighted by Gasteiger charge is -2.65. The van der Waals surface area contributed by atoms with Gasteiger partial charge in [0, 0.05) is 35.3 Å². The summed E-state index contributed by atoms with van der Waals surface area (Å²) in [7, 11) is 0. The molecule has 1 amide bonds. The normalized spacial score (nSPS) is 33.5. The fourth-order valence-electron chi connectivity index (χ4n) is 8.04. The minimum atomic E-state index is -1.13. The van der Waals surface area contributed by atoms with Crippen LogP contribution in [0.25, 0.3) is 11.3 Å². The minimum Gasteiger partial charge on any atom is -0.339 e. The number of anilines is 1. The third kappa shape index (κ3) is 3.66. The number of carbonyl (C=O) groups is 1. The number of rotatable bonds is 7. The molecule has 7 fully saturated rings. The van der Waals surface area contributed by atoms with E-state index in [1.807, 2.05) is 35.2 Å². The van der Waals surface area contributed by atoms with E-state index in [4.69, 9.17) is 14.8 Å². The number of hydrogen-bond acceptors (Lipinski definition) is 6. The van der Waals surface area contributed by atoms with Crippen molar-refractivity contribution in [2.24, 2.45) is 10.8 Å². The van der Waals surface area contributed by atoms with E-state index in [0.717, 1.165) is 80.0 Å². The molecule has 2 aromatic heterocycles. The molecule has 0 N–H and O–H groups in total. The topological polar surface area (TPSA) is 95.9 Å². The zero-order valence-corrected chi connectivity index (χ0v) is 22.5. The van der Waals surface area contributed by atoms with Crippen LogP contribution >= 0.6 is 0 Å². The average molecular weight is 538 g/mol. The van der Waals surface area contributed by atoms with E-state index < -0.39 is 11.1 Å². The molecule has 8 heteroatoms. The molecule has 7 nitrogen and oxygen atoms in total. The van der Waals surface area contributed by atoms with Gasteiger partial charge in [-0.15, -0.1) is 0 Å². The number of hydrogen-bond donors (Lipinski definition) is 0. The number of nitriles is 1. The summed E-state index contributed by atoms with van der Waals surface area (Å²) in [6.45, 7) is 0.643. The van der Waals surface area contributed by atoms with E-state index in [2.05, 4.69) is 16.2 Å². The zero-order chi connectivity index (χ0) is 27.2. The van der Waals surface area contributed by atoms with E-state index in [0.29, 0.717) is 37.3 Å². The Balaban J connectivity index is 1.07. The van der Waals surface area contributed by atoms with Gasteiger partial charge in [0.1, 0.15) is 11.7 Å². The fourth-order valence-corrected chi connectivity index (χ4v) is 8.04. The lowest BCUT2D eigenvalue weighted by molar-refractivity contribution is -0.211. The van der Waals surface area contributed by atoms with Crippen LogP contribution in [0, 0.1) is 22.2 Å². The predicted octanol–water partition coefficient (Wildman–Crippen LogP) is 6.40. The first-order chi connectivity index (χ1) is 19.3. The molecule has 7 aliphatic carbocycles. The summed E-state index contributed by atoms with van der Waals surface area (Å²) in [5.41, 5.74) is 1.30. The highest BCUT2D eigenvalue weighted by Crippen LogP contribution is 2.70. The van der Waals surface area contributed by atoms with Crippen LogP contribution in [-0.2, 0) is 10.2 Å². The first-order valence-corrected chi connectivity index (χ1v) is 14.6. The maximum atomic E-state index is 14.5. The maximum absolute atomic E-state index is 14.5. The highest BCUT2D eigenvalue weighted by atomic mass is 19.1. The predicted molar refractivity (Wildman–Crippen MR) is 145 cm³/mol. The smallest absolute Gasteiger partial charge is 0.233 e. The molecule has 1 aromatic carbocycles. The Labute approximate surface area is 232 Å². The van der Waals surface area contributed by atoms with Crippen molar-refractivity contribution in [1.82, 2.24) is 15.1 Å². The van der Waals surface area contributed by atoms with Crippen molar-refractivity contribution in [1.29, 1.82) is 5.26 Å². The number of halogens is 1. The summed E-state index contributed by atoms with van der Waals surface area (Å²) in [6, 6.07) is 13.7. The molecule has 0 atom stereocenters. The fraction of sp³-hybridized carbons (Fsp3) is 0.531. The molecule has 40 heavy (non-hydrogen) atoms. The van der Waals surface area contributed by atoms with Gasteiger partial charge in [-0.2, -0.15) is 10.2 Å². The molecule has 4 bridgehead atoms. The Hall–Kier alpha value is -3.60. The summed E-state index contributed by atoms with van der Waals surface area (Å²) in [5, 5.41) is 13.4. The van der Waals surface area contributed by atoms with E-state index in [1.54, 1.807) is 12.3 Å². The Morgan fingerprint density at radius 2 is 1.82 bits per heavy atom. The van der Waals surface area contributed by atoms with Crippen LogP contribution in [0.3, 0.4) is 0 Å². The quantitative estimate of drug-likeness (QED) is 0.346. The van der Waals surface area contributed by atoms with Gasteiger partial charge in [-0.3, -0.25) is 9.78 Å². The molecule has 0 aliphatic heterocycles. The molecule has 204 valence electrons. The SMILES string of the molecule is N#Cc1ccc(-c2cccc(N(CC34CCC(c5nc(C6CC6)no5)(CC3)CC4)C(=O)C34CC(F)(C3)C4)c2)nc1. The molecule has 2 heterocycles. The first-order valence-electron chi connectivity index (χ1n) is 14.6. The summed E-state index contributed by atoms with van der Waals surface area (Å²) < 4.78 is 20.3. The number of aromatic nitrogens is 3. The first kappa shape index (κ1) is 24.2. The van der Waals surface area contributed by atoms with Crippen molar-refractivity contribution in [3.8, 4) is 17.3 Å². The second-order valence-corrected chi connectivity index (χ2v) is 13.5. The molecular formula is C32H32FN5O2. The van der Waals surface area contributed by atoms with Crippen LogP contribution in [-0.4, -0.2) is 33.2 Å². The number of amides is 1. The summed E-state index contributed by atoms with van der Waals surface area (Å²) in [4.78, 5) is 25.4. The maximum Gasteiger partial charge on any atom is 0.233 e. The molecule has 7 aliphatic rings. The van der Waals surface area contributed by atoms with Gasteiger partial charge in [0.2, 0.25) is 11.8 Å². The van der Waals surface area contributed by atoms with Crippen LogP contribution in [0.4, 0.5) is 10.1 Å². The molecule has 0 unspecified atom stereocenters. The summed E-state index contributed by atoms with van der Waals surface area (Å²) in [6.07, 6.45) is 10.9. The third-order valence-electron chi connectivity index (χ3n) is 10.7. The highest BCUT2D eigenvalue weighted by Gasteiger charge is 2.73. The Kier molecular flexibility index (Phi) is 4.97. The summed E-state index contributed by atoms with van der Waals surface area (Å²) in [5.74, 6) is 2.25. The van der Waals surface area contributed by atoms with Gasteiger partial charge in [-0.1, -0.05) is 17.3 Å². The van der Waals surface area contributed by atoms with Gasteiger partial charge < -0.3 is 9.42 Å². The van der Waals surface area contributed by atoms with Gasteiger partial charge in [0.05, 0.1) is 16.7 Å². The van der Waals surface area contributed by atoms with Crippen LogP contribution in [0.15, 0.2) is 47.1 Å². The minimum absolute atomic E-state index is 0.0242. The molecule has 3 aromatic rings. The standard InChI is InChI=1S/C32H32FN5O2/c33-32-17-31(18-32,19-32)28(39)38(24-3-1-2-23(14-24)25-7-4-21(15-34)16-35-25)20-29-8-11-30(12-9-29,13-10-29)27-36-26(37-40-27)22-5-6-22/h1-4,7,14,16,22H,5-6,8-13,17-20H2. The molecule has 0 saturated heterocycles. The van der Waals surface area contributed by atoms with Crippen LogP contribution < -0.4 is 4.90 Å². The number of alkyl halides is 1. The highest BCUT2D eigenvalue weighted by molar-refractivity contribution is 6.00. The molecule has 10 rings (SSSR count). The number of fused-ring (bicyclic) bond motifs is 3. The van der Waals surface area contributed by atoms with E-state index in [9.17, 15) is 9.18 Å². The molecular weight excluding hydrogens is 505 g/mol. The van der Waals surface area contributed by atoms with Crippen molar-refractivity contribution in [2.75, 3.05) is 11.4 Å². The second kappa shape index (κ2) is 8.22. The lowest BCUT2D eigenvalue weighted by atomic mass is 9.41. The van der Waals surface area contributed by atoms with Crippen molar-refractivity contribution >= 4 is 11.6 Å². The van der Waals surface area contributed by atoms with Gasteiger partial charge in [-0.25, -0.2) is 4.39 Å².